The molecule has 9 heteroatoms. The van der Waals surface area contributed by atoms with Crippen molar-refractivity contribution >= 4 is 52.9 Å². The number of carbonyl (C=O) groups excluding carboxylic acids is 3. The van der Waals surface area contributed by atoms with Crippen LogP contribution in [0.2, 0.25) is 0 Å². The average Bonchev–Trinajstić information content (AvgIpc) is 3.00. The van der Waals surface area contributed by atoms with Crippen LogP contribution in [0.15, 0.2) is 120 Å². The molecule has 4 rings (SSSR count). The zero-order valence-electron chi connectivity index (χ0n) is 22.7. The molecule has 4 aromatic carbocycles. The van der Waals surface area contributed by atoms with Crippen LogP contribution in [0.25, 0.3) is 6.08 Å². The number of amides is 3. The van der Waals surface area contributed by atoms with Crippen molar-refractivity contribution in [2.24, 2.45) is 0 Å². The lowest BCUT2D eigenvalue weighted by Gasteiger charge is -2.16. The number of nitrogens with one attached hydrogen (secondary N) is 3. The third kappa shape index (κ3) is 8.42. The van der Waals surface area contributed by atoms with Crippen molar-refractivity contribution in [2.45, 2.75) is 23.5 Å². The van der Waals surface area contributed by atoms with Gasteiger partial charge >= 0.3 is 5.97 Å². The second-order valence-corrected chi connectivity index (χ2v) is 10.4. The number of carboxylic acid groups (broad SMARTS) is 1. The largest absolute Gasteiger partial charge is 0.478 e. The Labute approximate surface area is 247 Å². The summed E-state index contributed by atoms with van der Waals surface area (Å²) in [7, 11) is 0. The van der Waals surface area contributed by atoms with Crippen LogP contribution in [0.5, 0.6) is 0 Å². The fourth-order valence-corrected chi connectivity index (χ4v) is 4.96. The van der Waals surface area contributed by atoms with Crippen LogP contribution in [-0.4, -0.2) is 34.0 Å². The molecule has 0 fully saturated rings. The molecule has 8 nitrogen and oxygen atoms in total. The van der Waals surface area contributed by atoms with E-state index in [1.807, 2.05) is 43.3 Å². The Morgan fingerprint density at radius 3 is 2.05 bits per heavy atom. The van der Waals surface area contributed by atoms with Crippen LogP contribution in [-0.2, 0) is 9.59 Å². The molecule has 4 aromatic rings. The van der Waals surface area contributed by atoms with Gasteiger partial charge in [-0.05, 0) is 66.6 Å². The fourth-order valence-electron chi connectivity index (χ4n) is 3.94. The SMILES string of the molecule is CCC(Sc1cccc(NC(=O)/C(=C/c2ccccc2)NC(=O)c2ccccc2)c1)C(=O)Nc1cccc(C(=O)O)c1. The van der Waals surface area contributed by atoms with E-state index in [9.17, 15) is 24.3 Å². The highest BCUT2D eigenvalue weighted by atomic mass is 32.2. The average molecular weight is 580 g/mol. The number of anilines is 2. The van der Waals surface area contributed by atoms with Gasteiger partial charge in [0.25, 0.3) is 11.8 Å². The standard InChI is InChI=1S/C33H29N3O5S/c1-2-29(32(39)35-25-16-9-15-24(20-25)33(40)41)42-27-18-10-17-26(21-27)34-31(38)28(19-22-11-5-3-6-12-22)36-30(37)23-13-7-4-8-14-23/h3-21,29H,2H2,1H3,(H,34,38)(H,35,39)(H,36,37)(H,40,41)/b28-19-. The van der Waals surface area contributed by atoms with Gasteiger partial charge in [0.15, 0.2) is 0 Å². The molecule has 0 aliphatic carbocycles. The Balaban J connectivity index is 1.48. The molecule has 3 amide bonds. The summed E-state index contributed by atoms with van der Waals surface area (Å²) in [6, 6.07) is 31.0. The highest BCUT2D eigenvalue weighted by molar-refractivity contribution is 8.00. The van der Waals surface area contributed by atoms with Gasteiger partial charge in [-0.15, -0.1) is 11.8 Å². The van der Waals surface area contributed by atoms with E-state index in [-0.39, 0.29) is 17.2 Å². The molecule has 0 aliphatic heterocycles. The molecule has 42 heavy (non-hydrogen) atoms. The van der Waals surface area contributed by atoms with E-state index in [4.69, 9.17) is 0 Å². The number of benzene rings is 4. The number of carbonyl (C=O) groups is 4. The number of thioether (sulfide) groups is 1. The Hall–Kier alpha value is -5.15. The molecule has 4 N–H and O–H groups in total. The van der Waals surface area contributed by atoms with Gasteiger partial charge in [0.2, 0.25) is 5.91 Å². The molecule has 0 spiro atoms. The van der Waals surface area contributed by atoms with Gasteiger partial charge in [0, 0.05) is 21.8 Å². The summed E-state index contributed by atoms with van der Waals surface area (Å²) < 4.78 is 0. The van der Waals surface area contributed by atoms with Crippen molar-refractivity contribution in [3.8, 4) is 0 Å². The second-order valence-electron chi connectivity index (χ2n) is 9.16. The molecule has 0 radical (unpaired) electrons. The smallest absolute Gasteiger partial charge is 0.335 e. The maximum Gasteiger partial charge on any atom is 0.335 e. The Kier molecular flexibility index (Phi) is 10.3. The number of carboxylic acids is 1. The Morgan fingerprint density at radius 2 is 1.38 bits per heavy atom. The minimum absolute atomic E-state index is 0.0718. The molecule has 0 aliphatic rings. The maximum absolute atomic E-state index is 13.4. The first kappa shape index (κ1) is 29.8. The molecule has 0 bridgehead atoms. The molecular weight excluding hydrogens is 550 g/mol. The molecule has 0 saturated carbocycles. The monoisotopic (exact) mass is 579 g/mol. The topological polar surface area (TPSA) is 125 Å². The quantitative estimate of drug-likeness (QED) is 0.122. The first-order chi connectivity index (χ1) is 20.3. The Bertz CT molecular complexity index is 1610. The number of hydrogen-bond acceptors (Lipinski definition) is 5. The lowest BCUT2D eigenvalue weighted by molar-refractivity contribution is -0.116. The van der Waals surface area contributed by atoms with Crippen LogP contribution in [0.3, 0.4) is 0 Å². The van der Waals surface area contributed by atoms with E-state index in [2.05, 4.69) is 16.0 Å². The minimum Gasteiger partial charge on any atom is -0.478 e. The molecule has 1 unspecified atom stereocenters. The second kappa shape index (κ2) is 14.5. The van der Waals surface area contributed by atoms with E-state index >= 15 is 0 Å². The van der Waals surface area contributed by atoms with Crippen LogP contribution >= 0.6 is 11.8 Å². The normalized spacial score (nSPS) is 11.7. The van der Waals surface area contributed by atoms with Crippen molar-refractivity contribution in [3.63, 3.8) is 0 Å². The first-order valence-electron chi connectivity index (χ1n) is 13.2. The lowest BCUT2D eigenvalue weighted by Crippen LogP contribution is -2.30. The molecule has 1 atom stereocenters. The van der Waals surface area contributed by atoms with Gasteiger partial charge in [-0.3, -0.25) is 14.4 Å². The van der Waals surface area contributed by atoms with Gasteiger partial charge in [-0.2, -0.15) is 0 Å². The van der Waals surface area contributed by atoms with E-state index in [0.29, 0.717) is 23.4 Å². The van der Waals surface area contributed by atoms with Gasteiger partial charge in [-0.1, -0.05) is 67.6 Å². The number of aromatic carboxylic acids is 1. The third-order valence-electron chi connectivity index (χ3n) is 6.05. The minimum atomic E-state index is -1.08. The van der Waals surface area contributed by atoms with Crippen LogP contribution in [0.4, 0.5) is 11.4 Å². The number of hydrogen-bond donors (Lipinski definition) is 4. The molecule has 212 valence electrons. The summed E-state index contributed by atoms with van der Waals surface area (Å²) >= 11 is 1.32. The van der Waals surface area contributed by atoms with Crippen molar-refractivity contribution in [2.75, 3.05) is 10.6 Å². The summed E-state index contributed by atoms with van der Waals surface area (Å²) in [5, 5.41) is 17.1. The molecule has 0 saturated heterocycles. The van der Waals surface area contributed by atoms with Crippen molar-refractivity contribution in [3.05, 3.63) is 132 Å². The van der Waals surface area contributed by atoms with Gasteiger partial charge in [-0.25, -0.2) is 4.79 Å². The van der Waals surface area contributed by atoms with Gasteiger partial charge in [0.05, 0.1) is 10.8 Å². The van der Waals surface area contributed by atoms with E-state index in [0.717, 1.165) is 10.5 Å². The first-order valence-corrected chi connectivity index (χ1v) is 14.1. The third-order valence-corrected chi connectivity index (χ3v) is 7.41. The van der Waals surface area contributed by atoms with E-state index in [1.165, 1.54) is 23.9 Å². The van der Waals surface area contributed by atoms with E-state index in [1.54, 1.807) is 66.7 Å². The predicted molar refractivity (Wildman–Crippen MR) is 165 cm³/mol. The number of rotatable bonds is 11. The lowest BCUT2D eigenvalue weighted by atomic mass is 10.1. The summed E-state index contributed by atoms with van der Waals surface area (Å²) in [5.74, 6) is -2.26. The van der Waals surface area contributed by atoms with E-state index < -0.39 is 23.0 Å². The van der Waals surface area contributed by atoms with Gasteiger partial charge in [0.1, 0.15) is 5.70 Å². The van der Waals surface area contributed by atoms with Crippen molar-refractivity contribution in [1.29, 1.82) is 0 Å². The molecular formula is C33H29N3O5S. The predicted octanol–water partition coefficient (Wildman–Crippen LogP) is 6.30. The Morgan fingerprint density at radius 1 is 0.762 bits per heavy atom. The van der Waals surface area contributed by atoms with Gasteiger partial charge < -0.3 is 21.1 Å². The highest BCUT2D eigenvalue weighted by Gasteiger charge is 2.20. The summed E-state index contributed by atoms with van der Waals surface area (Å²) in [6.45, 7) is 1.88. The maximum atomic E-state index is 13.4. The zero-order chi connectivity index (χ0) is 29.9. The molecule has 0 aromatic heterocycles. The van der Waals surface area contributed by atoms with Crippen molar-refractivity contribution in [1.82, 2.24) is 5.32 Å². The van der Waals surface area contributed by atoms with Crippen molar-refractivity contribution < 1.29 is 24.3 Å². The van der Waals surface area contributed by atoms with Crippen LogP contribution < -0.4 is 16.0 Å². The van der Waals surface area contributed by atoms with Crippen LogP contribution in [0.1, 0.15) is 39.6 Å². The van der Waals surface area contributed by atoms with Crippen LogP contribution in [0, 0.1) is 0 Å². The summed E-state index contributed by atoms with van der Waals surface area (Å²) in [4.78, 5) is 51.2. The highest BCUT2D eigenvalue weighted by Crippen LogP contribution is 2.29. The molecule has 0 heterocycles. The summed E-state index contributed by atoms with van der Waals surface area (Å²) in [5.41, 5.74) is 2.20. The summed E-state index contributed by atoms with van der Waals surface area (Å²) in [6.07, 6.45) is 2.12. The fraction of sp³-hybridized carbons (Fsp3) is 0.0909. The zero-order valence-corrected chi connectivity index (χ0v) is 23.6.